The Morgan fingerprint density at radius 1 is 0.838 bits per heavy atom. The zero-order valence-electron chi connectivity index (χ0n) is 20.1. The Morgan fingerprint density at radius 2 is 1.62 bits per heavy atom. The van der Waals surface area contributed by atoms with E-state index in [1.54, 1.807) is 0 Å². The number of pyridine rings is 1. The first kappa shape index (κ1) is 24.8. The summed E-state index contributed by atoms with van der Waals surface area (Å²) >= 11 is 0. The van der Waals surface area contributed by atoms with Gasteiger partial charge < -0.3 is 9.30 Å². The summed E-state index contributed by atoms with van der Waals surface area (Å²) in [5.74, 6) is 0.600. The third-order valence-corrected chi connectivity index (χ3v) is 6.22. The number of benzene rings is 2. The van der Waals surface area contributed by atoms with Gasteiger partial charge in [-0.15, -0.1) is 0 Å². The smallest absolute Gasteiger partial charge is 0.377 e. The summed E-state index contributed by atoms with van der Waals surface area (Å²) in [7, 11) is 0. The number of rotatable bonds is 10. The van der Waals surface area contributed by atoms with E-state index in [1.807, 2.05) is 59.2 Å². The molecule has 0 saturated heterocycles. The van der Waals surface area contributed by atoms with E-state index in [0.717, 1.165) is 34.0 Å². The van der Waals surface area contributed by atoms with Crippen LogP contribution in [-0.2, 0) is 31.0 Å². The molecule has 192 valence electrons. The molecule has 3 heterocycles. The molecule has 0 radical (unpaired) electrons. The number of fused-ring (bicyclic) bond motifs is 2. The van der Waals surface area contributed by atoms with E-state index in [0.29, 0.717) is 31.1 Å². The Labute approximate surface area is 210 Å². The second-order valence-corrected chi connectivity index (χ2v) is 8.85. The van der Waals surface area contributed by atoms with Crippen LogP contribution >= 0.6 is 0 Å². The Bertz CT molecular complexity index is 1550. The van der Waals surface area contributed by atoms with Gasteiger partial charge in [-0.2, -0.15) is 13.2 Å². The lowest BCUT2D eigenvalue weighted by molar-refractivity contribution is -0.140. The monoisotopic (exact) mass is 509 g/mol. The maximum absolute atomic E-state index is 13.2. The summed E-state index contributed by atoms with van der Waals surface area (Å²) in [5.41, 5.74) is 2.58. The molecule has 0 amide bonds. The number of ether oxygens (including phenoxy) is 1. The Hall–Kier alpha value is -3.92. The molecule has 0 unspecified atom stereocenters. The van der Waals surface area contributed by atoms with Crippen molar-refractivity contribution in [3.8, 4) is 0 Å². The number of imidazole rings is 2. The molecular weight excluding hydrogens is 483 g/mol. The highest BCUT2D eigenvalue weighted by Gasteiger charge is 2.31. The highest BCUT2D eigenvalue weighted by Crippen LogP contribution is 2.22. The topological polar surface area (TPSA) is 66.9 Å². The summed E-state index contributed by atoms with van der Waals surface area (Å²) in [6, 6.07) is 19.0. The summed E-state index contributed by atoms with van der Waals surface area (Å²) in [5, 5.41) is 0. The lowest BCUT2D eigenvalue weighted by atomic mass is 10.2. The van der Waals surface area contributed by atoms with Gasteiger partial charge in [-0.3, -0.25) is 14.1 Å². The van der Waals surface area contributed by atoms with E-state index in [1.165, 1.54) is 23.0 Å². The maximum Gasteiger partial charge on any atom is 0.406 e. The van der Waals surface area contributed by atoms with Gasteiger partial charge >= 0.3 is 11.9 Å². The molecule has 0 spiro atoms. The lowest BCUT2D eigenvalue weighted by Gasteiger charge is -2.11. The van der Waals surface area contributed by atoms with Gasteiger partial charge in [0.05, 0.1) is 41.4 Å². The van der Waals surface area contributed by atoms with Gasteiger partial charge in [0.2, 0.25) is 0 Å². The molecular formula is C27H26F3N5O2. The minimum absolute atomic E-state index is 0.0328. The van der Waals surface area contributed by atoms with Crippen LogP contribution in [0.5, 0.6) is 0 Å². The second-order valence-electron chi connectivity index (χ2n) is 8.85. The average molecular weight is 510 g/mol. The van der Waals surface area contributed by atoms with Gasteiger partial charge in [0.1, 0.15) is 12.4 Å². The number of halogens is 3. The number of hydrogen-bond donors (Lipinski definition) is 0. The summed E-state index contributed by atoms with van der Waals surface area (Å²) in [4.78, 5) is 21.8. The van der Waals surface area contributed by atoms with E-state index in [4.69, 9.17) is 9.72 Å². The largest absolute Gasteiger partial charge is 0.406 e. The van der Waals surface area contributed by atoms with Crippen LogP contribution < -0.4 is 5.69 Å². The first-order valence-corrected chi connectivity index (χ1v) is 12.1. The Kier molecular flexibility index (Phi) is 7.09. The summed E-state index contributed by atoms with van der Waals surface area (Å²) < 4.78 is 49.5. The zero-order chi connectivity index (χ0) is 25.8. The summed E-state index contributed by atoms with van der Waals surface area (Å²) in [6.45, 7) is 0.467. The molecule has 0 aliphatic heterocycles. The number of hydrogen-bond acceptors (Lipinski definition) is 4. The van der Waals surface area contributed by atoms with Crippen molar-refractivity contribution < 1.29 is 17.9 Å². The van der Waals surface area contributed by atoms with Crippen LogP contribution in [0.15, 0.2) is 77.9 Å². The van der Waals surface area contributed by atoms with Crippen molar-refractivity contribution >= 4 is 22.1 Å². The van der Waals surface area contributed by atoms with Gasteiger partial charge in [0.25, 0.3) is 0 Å². The van der Waals surface area contributed by atoms with E-state index >= 15 is 0 Å². The molecule has 0 saturated carbocycles. The lowest BCUT2D eigenvalue weighted by Crippen LogP contribution is -2.30. The van der Waals surface area contributed by atoms with Crippen LogP contribution in [-0.4, -0.2) is 36.5 Å². The van der Waals surface area contributed by atoms with Crippen molar-refractivity contribution in [1.29, 1.82) is 0 Å². The maximum atomic E-state index is 13.2. The van der Waals surface area contributed by atoms with Gasteiger partial charge in [-0.25, -0.2) is 9.78 Å². The van der Waals surface area contributed by atoms with Gasteiger partial charge in [0.15, 0.2) is 0 Å². The Morgan fingerprint density at radius 3 is 2.43 bits per heavy atom. The minimum atomic E-state index is -4.53. The summed E-state index contributed by atoms with van der Waals surface area (Å²) in [6.07, 6.45) is -0.0846. The molecule has 0 bridgehead atoms. The number of alkyl halides is 3. The molecule has 0 aliphatic rings. The minimum Gasteiger partial charge on any atom is -0.377 e. The van der Waals surface area contributed by atoms with Crippen molar-refractivity contribution in [2.75, 3.05) is 6.61 Å². The van der Waals surface area contributed by atoms with Gasteiger partial charge in [-0.1, -0.05) is 42.5 Å². The molecule has 2 aromatic carbocycles. The van der Waals surface area contributed by atoms with E-state index in [-0.39, 0.29) is 12.1 Å². The van der Waals surface area contributed by atoms with Crippen molar-refractivity contribution in [1.82, 2.24) is 23.7 Å². The van der Waals surface area contributed by atoms with Gasteiger partial charge in [-0.05, 0) is 36.6 Å². The highest BCUT2D eigenvalue weighted by molar-refractivity contribution is 5.77. The van der Waals surface area contributed by atoms with Crippen LogP contribution in [0.2, 0.25) is 0 Å². The Balaban J connectivity index is 1.36. The first-order valence-electron chi connectivity index (χ1n) is 12.1. The fourth-order valence-corrected chi connectivity index (χ4v) is 4.53. The van der Waals surface area contributed by atoms with Gasteiger partial charge in [0, 0.05) is 19.3 Å². The number of unbranched alkanes of at least 4 members (excludes halogenated alkanes) is 1. The molecule has 7 nitrogen and oxygen atoms in total. The van der Waals surface area contributed by atoms with Crippen LogP contribution in [0.1, 0.15) is 24.2 Å². The second kappa shape index (κ2) is 10.6. The third kappa shape index (κ3) is 5.59. The molecule has 5 aromatic rings. The predicted octanol–water partition coefficient (Wildman–Crippen LogP) is 5.16. The number of para-hydroxylation sites is 2. The van der Waals surface area contributed by atoms with E-state index < -0.39 is 18.4 Å². The molecule has 0 fully saturated rings. The molecule has 0 atom stereocenters. The van der Waals surface area contributed by atoms with Crippen molar-refractivity contribution in [3.63, 3.8) is 0 Å². The van der Waals surface area contributed by atoms with Crippen LogP contribution in [0.4, 0.5) is 13.2 Å². The fraction of sp³-hybridized carbons (Fsp3) is 0.296. The molecule has 10 heteroatoms. The standard InChI is InChI=1S/C27H26F3N5O2/c28-27(29,30)19-35-23-12-13-31-16-24(23)34(26(35)36)17-25-32-21-10-4-5-11-22(21)33(25)14-6-7-15-37-18-20-8-2-1-3-9-20/h1-5,8-13,16H,6-7,14-15,17-19H2. The normalized spacial score (nSPS) is 12.1. The predicted molar refractivity (Wildman–Crippen MR) is 134 cm³/mol. The molecule has 0 aliphatic carbocycles. The average Bonchev–Trinajstić information content (AvgIpc) is 3.36. The molecule has 0 N–H and O–H groups in total. The number of aryl methyl sites for hydroxylation is 1. The van der Waals surface area contributed by atoms with Crippen LogP contribution in [0.25, 0.3) is 22.1 Å². The van der Waals surface area contributed by atoms with E-state index in [2.05, 4.69) is 4.98 Å². The molecule has 37 heavy (non-hydrogen) atoms. The quantitative estimate of drug-likeness (QED) is 0.244. The third-order valence-electron chi connectivity index (χ3n) is 6.22. The SMILES string of the molecule is O=c1n(Cc2nc3ccccc3n2CCCCOCc2ccccc2)c2cnccc2n1CC(F)(F)F. The van der Waals surface area contributed by atoms with Crippen molar-refractivity contribution in [3.05, 3.63) is 94.9 Å². The first-order chi connectivity index (χ1) is 17.9. The van der Waals surface area contributed by atoms with Crippen molar-refractivity contribution in [2.45, 2.75) is 45.3 Å². The molecule has 5 rings (SSSR count). The fourth-order valence-electron chi connectivity index (χ4n) is 4.53. The highest BCUT2D eigenvalue weighted by atomic mass is 19.4. The van der Waals surface area contributed by atoms with Crippen LogP contribution in [0.3, 0.4) is 0 Å². The number of nitrogens with zero attached hydrogens (tertiary/aromatic N) is 5. The zero-order valence-corrected chi connectivity index (χ0v) is 20.1. The van der Waals surface area contributed by atoms with Crippen LogP contribution in [0, 0.1) is 0 Å². The molecule has 3 aromatic heterocycles. The van der Waals surface area contributed by atoms with Crippen molar-refractivity contribution in [2.24, 2.45) is 0 Å². The number of aromatic nitrogens is 5. The van der Waals surface area contributed by atoms with E-state index in [9.17, 15) is 18.0 Å².